The van der Waals surface area contributed by atoms with Gasteiger partial charge in [0, 0.05) is 42.0 Å². The molecule has 7 rings (SSSR count). The highest BCUT2D eigenvalue weighted by atomic mass is 32.2. The largest absolute Gasteiger partial charge is 0.416 e. The second-order valence-electron chi connectivity index (χ2n) is 12.6. The fraction of sp³-hybridized carbons (Fsp3) is 0.324. The lowest BCUT2D eigenvalue weighted by atomic mass is 9.75. The van der Waals surface area contributed by atoms with Gasteiger partial charge in [0.25, 0.3) is 0 Å². The first-order chi connectivity index (χ1) is 23.8. The van der Waals surface area contributed by atoms with Crippen LogP contribution >= 0.6 is 24.0 Å². The third-order valence-electron chi connectivity index (χ3n) is 9.45. The highest BCUT2D eigenvalue weighted by molar-refractivity contribution is 8.23. The minimum atomic E-state index is -5.01. The van der Waals surface area contributed by atoms with Crippen molar-refractivity contribution < 1.29 is 31.1 Å². The van der Waals surface area contributed by atoms with Crippen LogP contribution in [0.4, 0.5) is 32.0 Å². The Labute approximate surface area is 295 Å². The van der Waals surface area contributed by atoms with Gasteiger partial charge in [-0.15, -0.1) is 6.58 Å². The van der Waals surface area contributed by atoms with E-state index in [9.17, 15) is 31.1 Å². The number of aromatic nitrogens is 1. The van der Waals surface area contributed by atoms with E-state index < -0.39 is 29.5 Å². The zero-order valence-corrected chi connectivity index (χ0v) is 28.4. The molecule has 4 aromatic rings. The number of anilines is 1. The number of carbonyl (C=O) groups is 1. The summed E-state index contributed by atoms with van der Waals surface area (Å²) in [5.74, 6) is 0.488. The lowest BCUT2D eigenvalue weighted by Gasteiger charge is -2.50. The Bertz CT molecular complexity index is 1830. The normalized spacial score (nSPS) is 21.1. The van der Waals surface area contributed by atoms with Gasteiger partial charge in [-0.05, 0) is 67.1 Å². The summed E-state index contributed by atoms with van der Waals surface area (Å²) < 4.78 is 81.4. The average Bonchev–Trinajstić information content (AvgIpc) is 3.09. The molecule has 5 atom stereocenters. The van der Waals surface area contributed by atoms with Crippen LogP contribution in [0.25, 0.3) is 10.9 Å². The van der Waals surface area contributed by atoms with E-state index in [-0.39, 0.29) is 33.7 Å². The first-order valence-corrected chi connectivity index (χ1v) is 17.4. The number of thioether (sulfide) groups is 1. The van der Waals surface area contributed by atoms with Crippen molar-refractivity contribution in [3.8, 4) is 0 Å². The van der Waals surface area contributed by atoms with Gasteiger partial charge in [0.05, 0.1) is 22.3 Å². The van der Waals surface area contributed by atoms with Crippen molar-refractivity contribution in [1.82, 2.24) is 15.2 Å². The first-order valence-electron chi connectivity index (χ1n) is 16.1. The molecule has 3 saturated heterocycles. The van der Waals surface area contributed by atoms with Crippen molar-refractivity contribution in [2.24, 2.45) is 11.8 Å². The molecule has 3 fully saturated rings. The minimum Gasteiger partial charge on any atom is -0.359 e. The molecule has 0 aliphatic carbocycles. The third-order valence-corrected chi connectivity index (χ3v) is 10.6. The molecule has 1 aromatic heterocycles. The lowest BCUT2D eigenvalue weighted by molar-refractivity contribution is -0.143. The van der Waals surface area contributed by atoms with E-state index >= 15 is 0 Å². The number of hydrogen-bond donors (Lipinski definition) is 1. The first kappa shape index (κ1) is 35.9. The van der Waals surface area contributed by atoms with Crippen LogP contribution in [0.3, 0.4) is 0 Å². The summed E-state index contributed by atoms with van der Waals surface area (Å²) in [4.78, 5) is 23.2. The zero-order valence-electron chi connectivity index (χ0n) is 26.8. The standard InChI is InChI=1S/C37H34F6N4OS2/c1-2-24-21-46-15-13-25(24)17-28(46)22-47(33-12-14-44-31-11-7-6-10-30(31)33)34(48)32(16-23-8-4-3-5-9-23)45-35(49)50-29-19-26(36(38,39)40)18-27(20-29)37(41,42)43/h2-12,14,18-20,24-25,28,32H,1,13,15-17,21-22H2,(H,45,49)/t24?,25-,28-,32-/m0/s1. The molecule has 3 aromatic carbocycles. The molecule has 1 N–H and O–H groups in total. The molecule has 0 radical (unpaired) electrons. The minimum absolute atomic E-state index is 0.0606. The Balaban J connectivity index is 1.34. The van der Waals surface area contributed by atoms with Crippen LogP contribution in [-0.2, 0) is 23.6 Å². The number of nitrogens with zero attached hydrogens (tertiary/aromatic N) is 3. The predicted octanol–water partition coefficient (Wildman–Crippen LogP) is 8.78. The van der Waals surface area contributed by atoms with Crippen molar-refractivity contribution in [3.63, 3.8) is 0 Å². The number of nitrogens with one attached hydrogen (secondary N) is 1. The van der Waals surface area contributed by atoms with Gasteiger partial charge in [-0.2, -0.15) is 26.3 Å². The van der Waals surface area contributed by atoms with Crippen molar-refractivity contribution in [2.45, 2.75) is 48.6 Å². The molecular formula is C37H34F6N4OS2. The fourth-order valence-corrected chi connectivity index (χ4v) is 8.19. The number of amides is 1. The number of rotatable bonds is 9. The highest BCUT2D eigenvalue weighted by Crippen LogP contribution is 2.40. The molecule has 3 aliphatic heterocycles. The summed E-state index contributed by atoms with van der Waals surface area (Å²) in [6.07, 6.45) is -4.28. The number of alkyl halides is 6. The maximum atomic E-state index is 14.9. The van der Waals surface area contributed by atoms with E-state index in [0.29, 0.717) is 53.5 Å². The number of hydrogen-bond acceptors (Lipinski definition) is 5. The van der Waals surface area contributed by atoms with Gasteiger partial charge in [-0.1, -0.05) is 78.6 Å². The summed E-state index contributed by atoms with van der Waals surface area (Å²) in [5.41, 5.74) is -0.752. The molecule has 1 amide bonds. The number of thiocarbonyl (C=S) groups is 1. The molecule has 2 unspecified atom stereocenters. The zero-order chi connectivity index (χ0) is 35.6. The lowest BCUT2D eigenvalue weighted by Crippen LogP contribution is -2.59. The van der Waals surface area contributed by atoms with Crippen molar-refractivity contribution in [1.29, 1.82) is 0 Å². The Hall–Kier alpha value is -3.94. The summed E-state index contributed by atoms with van der Waals surface area (Å²) in [6.45, 7) is 6.14. The second-order valence-corrected chi connectivity index (χ2v) is 14.4. The van der Waals surface area contributed by atoms with Gasteiger partial charge in [0.15, 0.2) is 0 Å². The monoisotopic (exact) mass is 728 g/mol. The third kappa shape index (κ3) is 8.16. The smallest absolute Gasteiger partial charge is 0.359 e. The summed E-state index contributed by atoms with van der Waals surface area (Å²) in [7, 11) is 0. The van der Waals surface area contributed by atoms with Gasteiger partial charge >= 0.3 is 12.4 Å². The predicted molar refractivity (Wildman–Crippen MR) is 188 cm³/mol. The highest BCUT2D eigenvalue weighted by Gasteiger charge is 2.41. The van der Waals surface area contributed by atoms with Crippen molar-refractivity contribution >= 4 is 50.8 Å². The fourth-order valence-electron chi connectivity index (χ4n) is 6.97. The van der Waals surface area contributed by atoms with Crippen LogP contribution in [-0.4, -0.2) is 51.8 Å². The van der Waals surface area contributed by atoms with E-state index in [0.717, 1.165) is 36.9 Å². The van der Waals surface area contributed by atoms with Crippen LogP contribution in [0.5, 0.6) is 0 Å². The van der Waals surface area contributed by atoms with E-state index in [1.165, 1.54) is 0 Å². The molecular weight excluding hydrogens is 695 g/mol. The van der Waals surface area contributed by atoms with Gasteiger partial charge in [0.1, 0.15) is 10.4 Å². The molecule has 0 saturated carbocycles. The van der Waals surface area contributed by atoms with Crippen LogP contribution in [0.1, 0.15) is 29.5 Å². The molecule has 3 aliphatic rings. The van der Waals surface area contributed by atoms with Gasteiger partial charge in [0.2, 0.25) is 5.91 Å². The summed E-state index contributed by atoms with van der Waals surface area (Å²) >= 11 is 6.06. The van der Waals surface area contributed by atoms with Gasteiger partial charge in [-0.25, -0.2) is 0 Å². The summed E-state index contributed by atoms with van der Waals surface area (Å²) in [5, 5.41) is 3.78. The Morgan fingerprint density at radius 2 is 1.70 bits per heavy atom. The van der Waals surface area contributed by atoms with Crippen LogP contribution in [0.2, 0.25) is 0 Å². The number of fused-ring (bicyclic) bond motifs is 4. The molecule has 0 spiro atoms. The SMILES string of the molecule is C=CC1CN2CC[C@H]1C[C@H]2CN(C(=O)[C@H](Cc1ccccc1)NC(=S)Sc1cc(C(F)(F)F)cc(C(F)(F)F)c1)c1ccnc2ccccc12. The molecule has 13 heteroatoms. The van der Waals surface area contributed by atoms with E-state index in [2.05, 4.69) is 21.8 Å². The van der Waals surface area contributed by atoms with Gasteiger partial charge in [-0.3, -0.25) is 14.7 Å². The molecule has 50 heavy (non-hydrogen) atoms. The number of pyridine rings is 1. The summed E-state index contributed by atoms with van der Waals surface area (Å²) in [6, 6.07) is 18.8. The Morgan fingerprint density at radius 3 is 2.34 bits per heavy atom. The topological polar surface area (TPSA) is 48.5 Å². The van der Waals surface area contributed by atoms with E-state index in [1.54, 1.807) is 17.2 Å². The maximum absolute atomic E-state index is 14.9. The Morgan fingerprint density at radius 1 is 1.02 bits per heavy atom. The maximum Gasteiger partial charge on any atom is 0.416 e. The molecule has 5 nitrogen and oxygen atoms in total. The number of benzene rings is 3. The number of carbonyl (C=O) groups excluding carboxylic acids is 1. The molecule has 2 bridgehead atoms. The van der Waals surface area contributed by atoms with Crippen LogP contribution in [0.15, 0.2) is 103 Å². The van der Waals surface area contributed by atoms with E-state index in [1.807, 2.05) is 60.7 Å². The number of para-hydroxylation sites is 1. The Kier molecular flexibility index (Phi) is 10.6. The molecule has 4 heterocycles. The number of halogens is 6. The quantitative estimate of drug-likeness (QED) is 0.0806. The van der Waals surface area contributed by atoms with Crippen molar-refractivity contribution in [3.05, 3.63) is 114 Å². The van der Waals surface area contributed by atoms with Gasteiger partial charge < -0.3 is 10.2 Å². The second kappa shape index (κ2) is 14.7. The molecule has 262 valence electrons. The van der Waals surface area contributed by atoms with Crippen molar-refractivity contribution in [2.75, 3.05) is 24.5 Å². The number of piperidine rings is 3. The van der Waals surface area contributed by atoms with Crippen LogP contribution < -0.4 is 10.2 Å². The average molecular weight is 729 g/mol. The van der Waals surface area contributed by atoms with E-state index in [4.69, 9.17) is 12.2 Å². The van der Waals surface area contributed by atoms with Crippen LogP contribution in [0, 0.1) is 11.8 Å².